The van der Waals surface area contributed by atoms with Crippen LogP contribution in [0.25, 0.3) is 32.7 Å². The van der Waals surface area contributed by atoms with Crippen LogP contribution in [0, 0.1) is 13.8 Å². The molecule has 0 amide bonds. The van der Waals surface area contributed by atoms with Gasteiger partial charge in [0.05, 0.1) is 25.4 Å². The molecule has 5 aromatic carbocycles. The van der Waals surface area contributed by atoms with Gasteiger partial charge in [-0.3, -0.25) is 0 Å². The lowest BCUT2D eigenvalue weighted by molar-refractivity contribution is 0.174. The lowest BCUT2D eigenvalue weighted by Gasteiger charge is -1.99. The number of unbranched alkanes of at least 4 members (excludes halogenated alkanes) is 3. The highest BCUT2D eigenvalue weighted by atomic mass is 16.5. The molecule has 0 aliphatic carbocycles. The molecule has 0 aliphatic rings. The first-order valence-corrected chi connectivity index (χ1v) is 30.7. The molecular weight excluding hydrogens is 1050 g/mol. The van der Waals surface area contributed by atoms with E-state index in [9.17, 15) is 0 Å². The van der Waals surface area contributed by atoms with E-state index in [1.54, 1.807) is 39.2 Å². The summed E-state index contributed by atoms with van der Waals surface area (Å²) in [6, 6.07) is 45.0. The Bertz CT molecular complexity index is 2780. The summed E-state index contributed by atoms with van der Waals surface area (Å²) in [4.78, 5) is 10.1. The zero-order chi connectivity index (χ0) is 64.6. The van der Waals surface area contributed by atoms with Crippen molar-refractivity contribution in [2.75, 3.05) is 7.11 Å². The molecule has 1 unspecified atom stereocenters. The van der Waals surface area contributed by atoms with Gasteiger partial charge in [0, 0.05) is 44.4 Å². The van der Waals surface area contributed by atoms with Crippen molar-refractivity contribution >= 4 is 32.7 Å². The van der Waals surface area contributed by atoms with Crippen LogP contribution in [0.4, 0.5) is 0 Å². The van der Waals surface area contributed by atoms with Crippen molar-refractivity contribution in [3.8, 4) is 11.5 Å². The number of aromatic hydroxyl groups is 1. The van der Waals surface area contributed by atoms with E-state index in [4.69, 9.17) is 25.2 Å². The molecule has 7 N–H and O–H groups in total. The Morgan fingerprint density at radius 3 is 1.35 bits per heavy atom. The van der Waals surface area contributed by atoms with E-state index in [-0.39, 0.29) is 18.3 Å². The second-order valence-electron chi connectivity index (χ2n) is 19.8. The molecule has 0 bridgehead atoms. The van der Waals surface area contributed by atoms with Crippen molar-refractivity contribution in [3.63, 3.8) is 0 Å². The molecule has 85 heavy (non-hydrogen) atoms. The number of aryl methyl sites for hydroxylation is 6. The molecule has 0 fully saturated rings. The van der Waals surface area contributed by atoms with Crippen LogP contribution >= 0.6 is 0 Å². The predicted molar refractivity (Wildman–Crippen MR) is 378 cm³/mol. The van der Waals surface area contributed by atoms with Crippen molar-refractivity contribution in [2.24, 2.45) is 0 Å². The molecule has 468 valence electrons. The first kappa shape index (κ1) is 81.9. The number of phenolic OH excluding ortho intramolecular Hbond substituents is 1. The minimum absolute atomic E-state index is 0.169. The molecule has 8 aromatic rings. The Labute approximate surface area is 517 Å². The molecule has 0 saturated heterocycles. The number of hydrogen-bond donors (Lipinski definition) is 7. The number of para-hydroxylation sites is 1. The lowest BCUT2D eigenvalue weighted by Crippen LogP contribution is -2.00. The monoisotopic (exact) mass is 1160 g/mol. The number of benzene rings is 5. The van der Waals surface area contributed by atoms with Crippen LogP contribution in [0.15, 0.2) is 209 Å². The average Bonchev–Trinajstić information content (AvgIpc) is 4.15. The Hall–Kier alpha value is -7.36. The van der Waals surface area contributed by atoms with Gasteiger partial charge in [-0.2, -0.15) is 0 Å². The van der Waals surface area contributed by atoms with Gasteiger partial charge >= 0.3 is 0 Å². The summed E-state index contributed by atoms with van der Waals surface area (Å²) in [6.45, 7) is 45.2. The fourth-order valence-corrected chi connectivity index (χ4v) is 6.82. The van der Waals surface area contributed by atoms with Crippen molar-refractivity contribution in [3.05, 3.63) is 243 Å². The van der Waals surface area contributed by atoms with Gasteiger partial charge in [-0.25, -0.2) is 0 Å². The number of ether oxygens (including phenoxy) is 1. The number of aliphatic hydroxyl groups excluding tert-OH is 3. The Morgan fingerprint density at radius 1 is 0.506 bits per heavy atom. The Balaban J connectivity index is -0.000000889. The van der Waals surface area contributed by atoms with Crippen LogP contribution < -0.4 is 4.74 Å². The number of nitrogens with one attached hydrogen (secondary N) is 3. The molecule has 0 radical (unpaired) electrons. The van der Waals surface area contributed by atoms with Crippen molar-refractivity contribution in [1.29, 1.82) is 0 Å². The minimum atomic E-state index is -0.352. The predicted octanol–water partition coefficient (Wildman–Crippen LogP) is 21.2. The fraction of sp³-hybridized carbons (Fsp3) is 0.377. The van der Waals surface area contributed by atoms with E-state index in [1.807, 2.05) is 56.3 Å². The van der Waals surface area contributed by atoms with E-state index < -0.39 is 0 Å². The molecule has 3 atom stereocenters. The third kappa shape index (κ3) is 43.0. The van der Waals surface area contributed by atoms with E-state index in [2.05, 4.69) is 207 Å². The number of allylic oxidation sites excluding steroid dienone is 3. The van der Waals surface area contributed by atoms with Gasteiger partial charge in [0.1, 0.15) is 11.5 Å². The van der Waals surface area contributed by atoms with Crippen LogP contribution in [0.5, 0.6) is 11.5 Å². The van der Waals surface area contributed by atoms with Gasteiger partial charge in [0.2, 0.25) is 0 Å². The molecule has 0 spiro atoms. The highest BCUT2D eigenvalue weighted by Gasteiger charge is 2.04. The molecule has 3 heterocycles. The maximum Gasteiger partial charge on any atom is 0.128 e. The van der Waals surface area contributed by atoms with Gasteiger partial charge < -0.3 is 40.1 Å². The number of phenols is 1. The second kappa shape index (κ2) is 55.8. The molecule has 8 rings (SSSR count). The summed E-state index contributed by atoms with van der Waals surface area (Å²) >= 11 is 0. The first-order valence-electron chi connectivity index (χ1n) is 30.7. The highest BCUT2D eigenvalue weighted by molar-refractivity contribution is 5.87. The summed E-state index contributed by atoms with van der Waals surface area (Å²) in [5.41, 5.74) is 11.5. The maximum absolute atomic E-state index is 8.79. The number of aromatic nitrogens is 3. The zero-order valence-electron chi connectivity index (χ0n) is 55.0. The van der Waals surface area contributed by atoms with Crippen LogP contribution in [0.2, 0.25) is 0 Å². The van der Waals surface area contributed by atoms with Crippen LogP contribution in [0.3, 0.4) is 0 Å². The number of H-pyrrole nitrogens is 3. The first-order chi connectivity index (χ1) is 40.9. The SMILES string of the molecule is C=CCC.C=CCC(O)CC.C=CCCC.C=CCCCC.C=C[C@@H](C)O.C=C[C@H](C)O.CCCc1ccccc1.CCc1cc2c(C)cccc2[nH]1.CCc1cc2c(OC)cccc2[nH]1.CCc1cc2ccccc2[nH]1.Cc1ccc(O)cc1. The third-order valence-corrected chi connectivity index (χ3v) is 12.1. The van der Waals surface area contributed by atoms with Gasteiger partial charge in [0.25, 0.3) is 0 Å². The molecule has 0 saturated carbocycles. The normalized spacial score (nSPS) is 10.4. The number of aromatic amines is 3. The molecule has 0 aliphatic heterocycles. The number of aliphatic hydroxyl groups is 3. The van der Waals surface area contributed by atoms with Crippen LogP contribution in [-0.2, 0) is 25.7 Å². The number of fused-ring (bicyclic) bond motifs is 3. The number of rotatable bonds is 17. The van der Waals surface area contributed by atoms with E-state index in [0.717, 1.165) is 56.2 Å². The van der Waals surface area contributed by atoms with E-state index in [0.29, 0.717) is 5.75 Å². The van der Waals surface area contributed by atoms with Crippen molar-refractivity contribution < 1.29 is 25.2 Å². The number of methoxy groups -OCH3 is 1. The lowest BCUT2D eigenvalue weighted by atomic mass is 10.1. The molecule has 8 heteroatoms. The Kier molecular flexibility index (Phi) is 53.7. The summed E-state index contributed by atoms with van der Waals surface area (Å²) in [5.74, 6) is 1.27. The topological polar surface area (TPSA) is 138 Å². The summed E-state index contributed by atoms with van der Waals surface area (Å²) < 4.78 is 5.27. The summed E-state index contributed by atoms with van der Waals surface area (Å²) in [6.07, 6.45) is 24.0. The van der Waals surface area contributed by atoms with Crippen molar-refractivity contribution in [1.82, 2.24) is 15.0 Å². The van der Waals surface area contributed by atoms with Crippen LogP contribution in [0.1, 0.15) is 161 Å². The van der Waals surface area contributed by atoms with E-state index >= 15 is 0 Å². The second-order valence-corrected chi connectivity index (χ2v) is 19.8. The fourth-order valence-electron chi connectivity index (χ4n) is 6.82. The minimum Gasteiger partial charge on any atom is -0.508 e. The number of hydrogen-bond acceptors (Lipinski definition) is 5. The standard InChI is InChI=1S/C11H13NO.C11H13N.C10H11N.C9H12.C7H8O.C6H12O.C6H12.C5H10.2C4H8O.C4H8/c1-3-8-7-9-10(12-8)5-4-6-11(9)13-2;1-3-9-7-10-8(2)5-4-6-11(10)12-9;1-2-9-7-8-5-3-4-6-10(8)11-9;1-2-6-9-7-4-3-5-8-9;1-6-2-4-7(8)5-3-6;1-3-5-6(7)4-2;1-3-5-6-4-2;1-3-5-4-2;2*1-3-4(2)5;1-3-4-2/h4-7,12H,3H2,1-2H3;4-7,12H,3H2,1-2H3;3-7,11H,2H2,1H3;3-5,7-8H,2,6H2,1H3;2-5,8H,1H3;3,6-7H,1,4-5H2,2H3;3H,1,4-6H2,2H3;3H,1,4-5H2,2H3;2*3-5H,1H2,2H3;3H,1,4H2,2H3/t;;;;;;;;2*4-;/m........10./s1. The van der Waals surface area contributed by atoms with Gasteiger partial charge in [-0.15, -0.1) is 39.5 Å². The van der Waals surface area contributed by atoms with E-state index in [1.165, 1.54) is 112 Å². The molecule has 8 nitrogen and oxygen atoms in total. The van der Waals surface area contributed by atoms with Crippen LogP contribution in [-0.4, -0.2) is 60.8 Å². The van der Waals surface area contributed by atoms with Gasteiger partial charge in [0.15, 0.2) is 0 Å². The summed E-state index contributed by atoms with van der Waals surface area (Å²) in [7, 11) is 1.70. The average molecular weight is 1160 g/mol. The van der Waals surface area contributed by atoms with Gasteiger partial charge in [-0.1, -0.05) is 202 Å². The van der Waals surface area contributed by atoms with Gasteiger partial charge in [-0.05, 0) is 157 Å². The quantitative estimate of drug-likeness (QED) is 0.0360. The Morgan fingerprint density at radius 2 is 0.976 bits per heavy atom. The molecular formula is C77H115N3O5. The maximum atomic E-state index is 8.79. The third-order valence-electron chi connectivity index (χ3n) is 12.1. The largest absolute Gasteiger partial charge is 0.508 e. The zero-order valence-corrected chi connectivity index (χ0v) is 55.0. The van der Waals surface area contributed by atoms with Crippen molar-refractivity contribution in [2.45, 2.75) is 185 Å². The smallest absolute Gasteiger partial charge is 0.128 e. The highest BCUT2D eigenvalue weighted by Crippen LogP contribution is 2.26. The summed E-state index contributed by atoms with van der Waals surface area (Å²) in [5, 5.41) is 37.9. The molecule has 3 aromatic heterocycles.